The fourth-order valence-electron chi connectivity index (χ4n) is 1.31. The highest BCUT2D eigenvalue weighted by Gasteiger charge is 2.10. The Bertz CT molecular complexity index is 121. The number of hydrogen-bond acceptors (Lipinski definition) is 2. The van der Waals surface area contributed by atoms with Crippen molar-refractivity contribution in [3.05, 3.63) is 0 Å². The van der Waals surface area contributed by atoms with Crippen LogP contribution in [0.1, 0.15) is 19.3 Å². The van der Waals surface area contributed by atoms with Gasteiger partial charge in [0.25, 0.3) is 0 Å². The maximum atomic E-state index is 10.5. The van der Waals surface area contributed by atoms with Gasteiger partial charge in [0, 0.05) is 0 Å². The molecule has 1 aliphatic heterocycles. The molecule has 0 aromatic rings. The van der Waals surface area contributed by atoms with Crippen LogP contribution in [0.5, 0.6) is 0 Å². The Balaban J connectivity index is 2.19. The van der Waals surface area contributed by atoms with E-state index >= 15 is 0 Å². The van der Waals surface area contributed by atoms with Crippen LogP contribution >= 0.6 is 12.6 Å². The number of carbonyl (C=O) groups is 1. The van der Waals surface area contributed by atoms with Crippen molar-refractivity contribution in [2.45, 2.75) is 19.3 Å². The summed E-state index contributed by atoms with van der Waals surface area (Å²) in [6, 6.07) is 0. The topological polar surface area (TPSA) is 20.3 Å². The zero-order chi connectivity index (χ0) is 7.40. The van der Waals surface area contributed by atoms with Gasteiger partial charge in [-0.3, -0.25) is 9.69 Å². The third kappa shape index (κ3) is 2.71. The molecule has 0 aromatic carbocycles. The van der Waals surface area contributed by atoms with Gasteiger partial charge in [0.15, 0.2) is 5.12 Å². The number of piperidine rings is 1. The van der Waals surface area contributed by atoms with Gasteiger partial charge in [-0.15, -0.1) is 12.6 Å². The predicted octanol–water partition coefficient (Wildman–Crippen LogP) is 0.929. The van der Waals surface area contributed by atoms with Gasteiger partial charge in [-0.25, -0.2) is 0 Å². The molecule has 1 heterocycles. The van der Waals surface area contributed by atoms with E-state index in [-0.39, 0.29) is 5.12 Å². The van der Waals surface area contributed by atoms with Gasteiger partial charge in [0.1, 0.15) is 0 Å². The van der Waals surface area contributed by atoms with E-state index in [2.05, 4.69) is 17.5 Å². The summed E-state index contributed by atoms with van der Waals surface area (Å²) in [5.74, 6) is 0. The van der Waals surface area contributed by atoms with Gasteiger partial charge in [0.2, 0.25) is 0 Å². The quantitative estimate of drug-likeness (QED) is 0.605. The largest absolute Gasteiger partial charge is 0.295 e. The molecule has 0 unspecified atom stereocenters. The van der Waals surface area contributed by atoms with E-state index in [0.717, 1.165) is 13.1 Å². The van der Waals surface area contributed by atoms with Crippen LogP contribution in [-0.2, 0) is 4.79 Å². The Labute approximate surface area is 67.0 Å². The van der Waals surface area contributed by atoms with E-state index in [1.807, 2.05) is 0 Å². The summed E-state index contributed by atoms with van der Waals surface area (Å²) in [4.78, 5) is 12.7. The van der Waals surface area contributed by atoms with Crippen LogP contribution in [0.15, 0.2) is 0 Å². The van der Waals surface area contributed by atoms with Crippen molar-refractivity contribution in [3.63, 3.8) is 0 Å². The third-order valence-electron chi connectivity index (χ3n) is 1.81. The van der Waals surface area contributed by atoms with Crippen molar-refractivity contribution in [3.8, 4) is 0 Å². The molecule has 3 heteroatoms. The van der Waals surface area contributed by atoms with E-state index in [4.69, 9.17) is 0 Å². The van der Waals surface area contributed by atoms with Crippen molar-refractivity contribution in [1.82, 2.24) is 4.90 Å². The Kier molecular flexibility index (Phi) is 3.22. The smallest absolute Gasteiger partial charge is 0.199 e. The van der Waals surface area contributed by atoms with Gasteiger partial charge >= 0.3 is 0 Å². The number of nitrogens with zero attached hydrogens (tertiary/aromatic N) is 1. The van der Waals surface area contributed by atoms with Crippen molar-refractivity contribution in [2.24, 2.45) is 0 Å². The average Bonchev–Trinajstić information content (AvgIpc) is 1.88. The summed E-state index contributed by atoms with van der Waals surface area (Å²) < 4.78 is 0. The number of likely N-dealkylation sites (tertiary alicyclic amines) is 1. The molecule has 58 valence electrons. The van der Waals surface area contributed by atoms with Gasteiger partial charge in [0.05, 0.1) is 6.54 Å². The maximum Gasteiger partial charge on any atom is 0.199 e. The zero-order valence-electron chi connectivity index (χ0n) is 6.05. The lowest BCUT2D eigenvalue weighted by molar-refractivity contribution is -0.112. The molecule has 0 aliphatic carbocycles. The minimum Gasteiger partial charge on any atom is -0.295 e. The van der Waals surface area contributed by atoms with Crippen LogP contribution in [0.25, 0.3) is 0 Å². The SMILES string of the molecule is O=C(S)CN1CCCCC1. The molecule has 0 bridgehead atoms. The second-order valence-electron chi connectivity index (χ2n) is 2.73. The molecule has 0 aromatic heterocycles. The second-order valence-corrected chi connectivity index (χ2v) is 3.23. The highest BCUT2D eigenvalue weighted by Crippen LogP contribution is 2.07. The fourth-order valence-corrected chi connectivity index (χ4v) is 1.51. The fraction of sp³-hybridized carbons (Fsp3) is 0.857. The maximum absolute atomic E-state index is 10.5. The lowest BCUT2D eigenvalue weighted by Crippen LogP contribution is -2.32. The van der Waals surface area contributed by atoms with Gasteiger partial charge < -0.3 is 0 Å². The highest BCUT2D eigenvalue weighted by molar-refractivity contribution is 7.96. The van der Waals surface area contributed by atoms with Crippen LogP contribution < -0.4 is 0 Å². The molecule has 0 saturated carbocycles. The molecule has 1 rings (SSSR count). The van der Waals surface area contributed by atoms with E-state index in [1.165, 1.54) is 19.3 Å². The summed E-state index contributed by atoms with van der Waals surface area (Å²) in [7, 11) is 0. The van der Waals surface area contributed by atoms with Crippen molar-refractivity contribution in [1.29, 1.82) is 0 Å². The Morgan fingerprint density at radius 1 is 1.30 bits per heavy atom. The molecule has 0 N–H and O–H groups in total. The van der Waals surface area contributed by atoms with Crippen LogP contribution in [0.4, 0.5) is 0 Å². The van der Waals surface area contributed by atoms with E-state index in [0.29, 0.717) is 6.54 Å². The van der Waals surface area contributed by atoms with Crippen molar-refractivity contribution in [2.75, 3.05) is 19.6 Å². The third-order valence-corrected chi connectivity index (χ3v) is 1.95. The van der Waals surface area contributed by atoms with E-state index in [9.17, 15) is 4.79 Å². The molecule has 0 amide bonds. The summed E-state index contributed by atoms with van der Waals surface area (Å²) in [5, 5.41) is -0.0121. The molecule has 2 nitrogen and oxygen atoms in total. The van der Waals surface area contributed by atoms with Crippen LogP contribution in [0.2, 0.25) is 0 Å². The van der Waals surface area contributed by atoms with E-state index < -0.39 is 0 Å². The summed E-state index contributed by atoms with van der Waals surface area (Å²) in [5.41, 5.74) is 0. The molecule has 0 radical (unpaired) electrons. The minimum atomic E-state index is -0.0121. The average molecular weight is 159 g/mol. The van der Waals surface area contributed by atoms with Crippen molar-refractivity contribution >= 4 is 17.7 Å². The molecular formula is C7H13NOS. The molecular weight excluding hydrogens is 146 g/mol. The first kappa shape index (κ1) is 8.08. The summed E-state index contributed by atoms with van der Waals surface area (Å²) >= 11 is 3.73. The number of carbonyl (C=O) groups excluding carboxylic acids is 1. The summed E-state index contributed by atoms with van der Waals surface area (Å²) in [6.07, 6.45) is 3.79. The number of hydrogen-bond donors (Lipinski definition) is 1. The van der Waals surface area contributed by atoms with Crippen molar-refractivity contribution < 1.29 is 4.79 Å². The highest BCUT2D eigenvalue weighted by atomic mass is 32.1. The first-order valence-electron chi connectivity index (χ1n) is 3.73. The Morgan fingerprint density at radius 3 is 2.40 bits per heavy atom. The predicted molar refractivity (Wildman–Crippen MR) is 44.3 cm³/mol. The van der Waals surface area contributed by atoms with Gasteiger partial charge in [-0.1, -0.05) is 6.42 Å². The molecule has 1 aliphatic rings. The number of rotatable bonds is 2. The Morgan fingerprint density at radius 2 is 1.90 bits per heavy atom. The first-order chi connectivity index (χ1) is 4.79. The standard InChI is InChI=1S/C7H13NOS/c9-7(10)6-8-4-2-1-3-5-8/h1-6H2,(H,9,10). The molecule has 1 saturated heterocycles. The summed E-state index contributed by atoms with van der Waals surface area (Å²) in [6.45, 7) is 2.68. The lowest BCUT2D eigenvalue weighted by Gasteiger charge is -2.24. The molecule has 1 fully saturated rings. The monoisotopic (exact) mass is 159 g/mol. The van der Waals surface area contributed by atoms with Crippen LogP contribution in [0.3, 0.4) is 0 Å². The van der Waals surface area contributed by atoms with Crippen LogP contribution in [0, 0.1) is 0 Å². The molecule has 0 atom stereocenters. The molecule has 0 spiro atoms. The van der Waals surface area contributed by atoms with Gasteiger partial charge in [-0.05, 0) is 25.9 Å². The minimum absolute atomic E-state index is 0.0121. The van der Waals surface area contributed by atoms with E-state index in [1.54, 1.807) is 0 Å². The zero-order valence-corrected chi connectivity index (χ0v) is 6.94. The lowest BCUT2D eigenvalue weighted by atomic mass is 10.1. The number of thiol groups is 1. The Hall–Kier alpha value is -0.0200. The first-order valence-corrected chi connectivity index (χ1v) is 4.18. The normalized spacial score (nSPS) is 20.9. The van der Waals surface area contributed by atoms with Gasteiger partial charge in [-0.2, -0.15) is 0 Å². The second kappa shape index (κ2) is 3.98. The van der Waals surface area contributed by atoms with Crippen LogP contribution in [-0.4, -0.2) is 29.6 Å². The molecule has 10 heavy (non-hydrogen) atoms.